The van der Waals surface area contributed by atoms with Crippen molar-refractivity contribution >= 4 is 5.91 Å². The number of ether oxygens (including phenoxy) is 2. The smallest absolute Gasteiger partial charge is 0.435 e. The topological polar surface area (TPSA) is 65.4 Å². The number of nitrogens with zero attached hydrogens (tertiary/aromatic N) is 2. The molecule has 0 bridgehead atoms. The average molecular weight is 357 g/mol. The Morgan fingerprint density at radius 2 is 1.80 bits per heavy atom. The standard InChI is InChI=1S/C16H18F3N3O3/c1-2-24-12-3-5-13(6-4-12)25-11-15(23)20-8-10-22-9-7-14(21-22)16(17,18)19/h3-7,9H,2,8,10-11H2,1H3,(H,20,23). The first-order valence-electron chi connectivity index (χ1n) is 7.61. The van der Waals surface area contributed by atoms with E-state index < -0.39 is 11.9 Å². The van der Waals surface area contributed by atoms with E-state index in [1.54, 1.807) is 24.3 Å². The van der Waals surface area contributed by atoms with Crippen LogP contribution in [0.2, 0.25) is 0 Å². The van der Waals surface area contributed by atoms with Crippen LogP contribution in [0.15, 0.2) is 36.5 Å². The summed E-state index contributed by atoms with van der Waals surface area (Å²) < 4.78 is 49.0. The lowest BCUT2D eigenvalue weighted by Gasteiger charge is -2.09. The minimum atomic E-state index is -4.47. The molecule has 136 valence electrons. The highest BCUT2D eigenvalue weighted by atomic mass is 19.4. The molecule has 0 aliphatic carbocycles. The summed E-state index contributed by atoms with van der Waals surface area (Å²) in [6.07, 6.45) is -3.26. The van der Waals surface area contributed by atoms with E-state index in [2.05, 4.69) is 10.4 Å². The first-order valence-corrected chi connectivity index (χ1v) is 7.61. The number of halogens is 3. The molecule has 0 atom stereocenters. The summed E-state index contributed by atoms with van der Waals surface area (Å²) in [6, 6.07) is 7.71. The average Bonchev–Trinajstić information content (AvgIpc) is 3.04. The van der Waals surface area contributed by atoms with Crippen LogP contribution in [0, 0.1) is 0 Å². The fourth-order valence-electron chi connectivity index (χ4n) is 1.95. The van der Waals surface area contributed by atoms with Crippen molar-refractivity contribution in [3.63, 3.8) is 0 Å². The Bertz CT molecular complexity index is 684. The maximum Gasteiger partial charge on any atom is 0.435 e. The number of hydrogen-bond acceptors (Lipinski definition) is 4. The number of aromatic nitrogens is 2. The van der Waals surface area contributed by atoms with Gasteiger partial charge in [-0.15, -0.1) is 0 Å². The maximum atomic E-state index is 12.4. The molecule has 0 radical (unpaired) electrons. The van der Waals surface area contributed by atoms with Crippen molar-refractivity contribution in [2.75, 3.05) is 19.8 Å². The molecular formula is C16H18F3N3O3. The minimum absolute atomic E-state index is 0.130. The molecule has 0 saturated carbocycles. The summed E-state index contributed by atoms with van der Waals surface area (Å²) >= 11 is 0. The van der Waals surface area contributed by atoms with E-state index in [9.17, 15) is 18.0 Å². The molecule has 0 spiro atoms. The number of hydrogen-bond donors (Lipinski definition) is 1. The van der Waals surface area contributed by atoms with E-state index in [1.807, 2.05) is 6.92 Å². The summed E-state index contributed by atoms with van der Waals surface area (Å²) in [6.45, 7) is 2.52. The van der Waals surface area contributed by atoms with Gasteiger partial charge in [-0.05, 0) is 37.3 Å². The van der Waals surface area contributed by atoms with E-state index in [0.717, 1.165) is 10.7 Å². The molecule has 1 aromatic carbocycles. The zero-order valence-electron chi connectivity index (χ0n) is 13.5. The van der Waals surface area contributed by atoms with Crippen LogP contribution in [0.25, 0.3) is 0 Å². The Labute approximate surface area is 142 Å². The van der Waals surface area contributed by atoms with Crippen molar-refractivity contribution < 1.29 is 27.4 Å². The SMILES string of the molecule is CCOc1ccc(OCC(=O)NCCn2ccc(C(F)(F)F)n2)cc1. The molecule has 1 aromatic heterocycles. The summed E-state index contributed by atoms with van der Waals surface area (Å²) in [5.41, 5.74) is -0.961. The van der Waals surface area contributed by atoms with Gasteiger partial charge in [0.1, 0.15) is 11.5 Å². The number of rotatable bonds is 8. The predicted octanol–water partition coefficient (Wildman–Crippen LogP) is 2.50. The van der Waals surface area contributed by atoms with Crippen LogP contribution in [0.5, 0.6) is 11.5 Å². The molecular weight excluding hydrogens is 339 g/mol. The van der Waals surface area contributed by atoms with E-state index in [-0.39, 0.29) is 25.6 Å². The zero-order chi connectivity index (χ0) is 18.3. The largest absolute Gasteiger partial charge is 0.494 e. The van der Waals surface area contributed by atoms with Crippen molar-refractivity contribution in [1.82, 2.24) is 15.1 Å². The van der Waals surface area contributed by atoms with Crippen LogP contribution < -0.4 is 14.8 Å². The second-order valence-electron chi connectivity index (χ2n) is 5.00. The Hall–Kier alpha value is -2.71. The molecule has 25 heavy (non-hydrogen) atoms. The third-order valence-electron chi connectivity index (χ3n) is 3.10. The molecule has 0 aliphatic heterocycles. The van der Waals surface area contributed by atoms with Gasteiger partial charge in [0.15, 0.2) is 12.3 Å². The van der Waals surface area contributed by atoms with Crippen molar-refractivity contribution in [3.8, 4) is 11.5 Å². The third kappa shape index (κ3) is 6.02. The second-order valence-corrected chi connectivity index (χ2v) is 5.00. The maximum absolute atomic E-state index is 12.4. The quantitative estimate of drug-likeness (QED) is 0.788. The molecule has 6 nitrogen and oxygen atoms in total. The molecule has 0 fully saturated rings. The van der Waals surface area contributed by atoms with Crippen molar-refractivity contribution in [2.24, 2.45) is 0 Å². The van der Waals surface area contributed by atoms with Gasteiger partial charge < -0.3 is 14.8 Å². The lowest BCUT2D eigenvalue weighted by Crippen LogP contribution is -2.31. The lowest BCUT2D eigenvalue weighted by atomic mass is 10.3. The van der Waals surface area contributed by atoms with Crippen molar-refractivity contribution in [1.29, 1.82) is 0 Å². The number of benzene rings is 1. The molecule has 0 unspecified atom stereocenters. The Morgan fingerprint density at radius 1 is 1.16 bits per heavy atom. The summed E-state index contributed by atoms with van der Waals surface area (Å²) in [5.74, 6) is 0.842. The molecule has 0 saturated heterocycles. The normalized spacial score (nSPS) is 11.2. The van der Waals surface area contributed by atoms with Gasteiger partial charge >= 0.3 is 6.18 Å². The van der Waals surface area contributed by atoms with Crippen molar-refractivity contribution in [3.05, 3.63) is 42.2 Å². The van der Waals surface area contributed by atoms with Gasteiger partial charge in [-0.2, -0.15) is 18.3 Å². The first-order chi connectivity index (χ1) is 11.9. The van der Waals surface area contributed by atoms with Gasteiger partial charge in [0.25, 0.3) is 5.91 Å². The molecule has 1 heterocycles. The fourth-order valence-corrected chi connectivity index (χ4v) is 1.95. The third-order valence-corrected chi connectivity index (χ3v) is 3.10. The number of nitrogens with one attached hydrogen (secondary N) is 1. The lowest BCUT2D eigenvalue weighted by molar-refractivity contribution is -0.141. The minimum Gasteiger partial charge on any atom is -0.494 e. The van der Waals surface area contributed by atoms with Gasteiger partial charge in [0, 0.05) is 12.7 Å². The molecule has 0 aliphatic rings. The molecule has 1 N–H and O–H groups in total. The van der Waals surface area contributed by atoms with E-state index in [0.29, 0.717) is 18.1 Å². The summed E-state index contributed by atoms with van der Waals surface area (Å²) in [7, 11) is 0. The van der Waals surface area contributed by atoms with Gasteiger partial charge in [-0.1, -0.05) is 0 Å². The fraction of sp³-hybridized carbons (Fsp3) is 0.375. The van der Waals surface area contributed by atoms with E-state index in [4.69, 9.17) is 9.47 Å². The molecule has 2 aromatic rings. The Balaban J connectivity index is 1.69. The van der Waals surface area contributed by atoms with Gasteiger partial charge in [0.05, 0.1) is 13.2 Å². The van der Waals surface area contributed by atoms with Gasteiger partial charge in [-0.3, -0.25) is 9.48 Å². The zero-order valence-corrected chi connectivity index (χ0v) is 13.5. The number of amides is 1. The Morgan fingerprint density at radius 3 is 2.36 bits per heavy atom. The predicted molar refractivity (Wildman–Crippen MR) is 83.3 cm³/mol. The highest BCUT2D eigenvalue weighted by Gasteiger charge is 2.33. The molecule has 2 rings (SSSR count). The van der Waals surface area contributed by atoms with E-state index in [1.165, 1.54) is 6.20 Å². The molecule has 1 amide bonds. The number of alkyl halides is 3. The van der Waals surface area contributed by atoms with Crippen LogP contribution in [0.4, 0.5) is 13.2 Å². The van der Waals surface area contributed by atoms with Gasteiger partial charge in [-0.25, -0.2) is 0 Å². The molecule has 9 heteroatoms. The Kier molecular flexibility index (Phi) is 6.26. The summed E-state index contributed by atoms with van der Waals surface area (Å²) in [4.78, 5) is 11.7. The number of carbonyl (C=O) groups excluding carboxylic acids is 1. The highest BCUT2D eigenvalue weighted by Crippen LogP contribution is 2.27. The number of carbonyl (C=O) groups is 1. The van der Waals surface area contributed by atoms with Crippen LogP contribution in [0.1, 0.15) is 12.6 Å². The van der Waals surface area contributed by atoms with Crippen LogP contribution in [-0.2, 0) is 17.5 Å². The van der Waals surface area contributed by atoms with E-state index >= 15 is 0 Å². The summed E-state index contributed by atoms with van der Waals surface area (Å²) in [5, 5.41) is 5.94. The van der Waals surface area contributed by atoms with Crippen LogP contribution in [0.3, 0.4) is 0 Å². The first kappa shape index (κ1) is 18.6. The van der Waals surface area contributed by atoms with Crippen LogP contribution >= 0.6 is 0 Å². The monoisotopic (exact) mass is 357 g/mol. The van der Waals surface area contributed by atoms with Crippen molar-refractivity contribution in [2.45, 2.75) is 19.6 Å². The highest BCUT2D eigenvalue weighted by molar-refractivity contribution is 5.77. The van der Waals surface area contributed by atoms with Gasteiger partial charge in [0.2, 0.25) is 0 Å². The van der Waals surface area contributed by atoms with Crippen LogP contribution in [-0.4, -0.2) is 35.4 Å². The second kappa shape index (κ2) is 8.41.